The number of fused-ring (bicyclic) bond motifs is 2. The maximum Gasteiger partial charge on any atom is 0.212 e. The lowest BCUT2D eigenvalue weighted by molar-refractivity contribution is 0.398. The minimum absolute atomic E-state index is 0.188. The summed E-state index contributed by atoms with van der Waals surface area (Å²) in [7, 11) is -1.87. The van der Waals surface area contributed by atoms with Crippen molar-refractivity contribution in [3.8, 4) is 22.8 Å². The highest BCUT2D eigenvalue weighted by Gasteiger charge is 2.25. The van der Waals surface area contributed by atoms with Crippen LogP contribution in [0.25, 0.3) is 38.9 Å². The molecule has 0 spiro atoms. The van der Waals surface area contributed by atoms with Crippen LogP contribution in [0.4, 0.5) is 5.82 Å². The third-order valence-corrected chi connectivity index (χ3v) is 8.01. The van der Waals surface area contributed by atoms with Crippen molar-refractivity contribution < 1.29 is 13.2 Å². The second-order valence-electron chi connectivity index (χ2n) is 9.24. The Balaban J connectivity index is 1.55. The molecule has 0 aliphatic heterocycles. The van der Waals surface area contributed by atoms with Gasteiger partial charge in [0.2, 0.25) is 5.88 Å². The predicted molar refractivity (Wildman–Crippen MR) is 153 cm³/mol. The molecule has 0 fully saturated rings. The normalized spacial score (nSPS) is 12.7. The highest BCUT2D eigenvalue weighted by molar-refractivity contribution is 7.90. The third kappa shape index (κ3) is 4.31. The molecule has 0 amide bonds. The van der Waals surface area contributed by atoms with Crippen molar-refractivity contribution in [3.05, 3.63) is 77.8 Å². The summed E-state index contributed by atoms with van der Waals surface area (Å²) >= 11 is 6.38. The van der Waals surface area contributed by atoms with Crippen molar-refractivity contribution in [3.63, 3.8) is 0 Å². The molecular weight excluding hydrogens is 552 g/mol. The molecule has 0 saturated carbocycles. The number of nitrogens with zero attached hydrogens (tertiary/aromatic N) is 7. The maximum atomic E-state index is 12.2. The molecule has 6 rings (SSSR count). The van der Waals surface area contributed by atoms with E-state index < -0.39 is 15.9 Å². The molecule has 13 heteroatoms. The fourth-order valence-electron chi connectivity index (χ4n) is 4.69. The van der Waals surface area contributed by atoms with E-state index in [-0.39, 0.29) is 10.7 Å². The molecule has 4 aromatic heterocycles. The van der Waals surface area contributed by atoms with Crippen LogP contribution in [-0.2, 0) is 9.84 Å². The average Bonchev–Trinajstić information content (AvgIpc) is 3.52. The van der Waals surface area contributed by atoms with Gasteiger partial charge < -0.3 is 10.5 Å². The highest BCUT2D eigenvalue weighted by atomic mass is 35.5. The van der Waals surface area contributed by atoms with Gasteiger partial charge in [-0.1, -0.05) is 17.7 Å². The Labute approximate surface area is 234 Å². The van der Waals surface area contributed by atoms with E-state index in [1.165, 1.54) is 12.6 Å². The number of aromatic nitrogens is 7. The molecule has 0 aliphatic carbocycles. The van der Waals surface area contributed by atoms with Crippen molar-refractivity contribution >= 4 is 49.2 Å². The van der Waals surface area contributed by atoms with Crippen molar-refractivity contribution in [2.24, 2.45) is 0 Å². The summed E-state index contributed by atoms with van der Waals surface area (Å²) in [4.78, 5) is 13.2. The monoisotopic (exact) mass is 574 g/mol. The van der Waals surface area contributed by atoms with E-state index in [0.717, 1.165) is 10.9 Å². The van der Waals surface area contributed by atoms with Crippen LogP contribution in [0.5, 0.6) is 5.88 Å². The summed E-state index contributed by atoms with van der Waals surface area (Å²) in [5.41, 5.74) is 10.1. The zero-order valence-electron chi connectivity index (χ0n) is 21.6. The summed E-state index contributed by atoms with van der Waals surface area (Å²) in [6, 6.07) is 15.3. The second-order valence-corrected chi connectivity index (χ2v) is 11.7. The largest absolute Gasteiger partial charge is 0.481 e. The fourth-order valence-corrected chi connectivity index (χ4v) is 5.51. The molecule has 0 bridgehead atoms. The number of nitrogens with two attached hydrogens (primary N) is 1. The van der Waals surface area contributed by atoms with Gasteiger partial charge in [0.25, 0.3) is 0 Å². The Bertz CT molecular complexity index is 2020. The van der Waals surface area contributed by atoms with E-state index >= 15 is 0 Å². The fraction of sp³-hybridized carbons (Fsp3) is 0.148. The Morgan fingerprint density at radius 2 is 1.85 bits per heavy atom. The van der Waals surface area contributed by atoms with Gasteiger partial charge in [-0.15, -0.1) is 0 Å². The number of halogens is 1. The van der Waals surface area contributed by atoms with Gasteiger partial charge in [0, 0.05) is 34.5 Å². The summed E-state index contributed by atoms with van der Waals surface area (Å²) in [5, 5.41) is 11.8. The lowest BCUT2D eigenvalue weighted by Gasteiger charge is -2.11. The predicted octanol–water partition coefficient (Wildman–Crippen LogP) is 4.48. The first-order valence-corrected chi connectivity index (χ1v) is 14.4. The molecule has 1 atom stereocenters. The Kier molecular flexibility index (Phi) is 6.15. The van der Waals surface area contributed by atoms with Gasteiger partial charge in [-0.25, -0.2) is 32.7 Å². The molecule has 202 valence electrons. The van der Waals surface area contributed by atoms with Crippen LogP contribution in [0.2, 0.25) is 5.02 Å². The first kappa shape index (κ1) is 25.7. The second kappa shape index (κ2) is 9.57. The van der Waals surface area contributed by atoms with Crippen LogP contribution in [0.3, 0.4) is 0 Å². The summed E-state index contributed by atoms with van der Waals surface area (Å²) < 4.78 is 33.1. The summed E-state index contributed by atoms with van der Waals surface area (Å²) in [6.07, 6.45) is 4.22. The number of anilines is 1. The van der Waals surface area contributed by atoms with E-state index in [1.54, 1.807) is 65.1 Å². The van der Waals surface area contributed by atoms with Crippen molar-refractivity contribution in [1.29, 1.82) is 0 Å². The van der Waals surface area contributed by atoms with Gasteiger partial charge in [-0.3, -0.25) is 0 Å². The number of methoxy groups -OCH3 is 1. The lowest BCUT2D eigenvalue weighted by atomic mass is 10.1. The minimum Gasteiger partial charge on any atom is -0.481 e. The molecule has 2 N–H and O–H groups in total. The van der Waals surface area contributed by atoms with Gasteiger partial charge in [0.1, 0.15) is 17.8 Å². The number of rotatable bonds is 6. The number of sulfone groups is 1. The molecule has 0 saturated heterocycles. The molecule has 6 aromatic rings. The Morgan fingerprint density at radius 3 is 2.58 bits per heavy atom. The van der Waals surface area contributed by atoms with E-state index in [4.69, 9.17) is 32.3 Å². The highest BCUT2D eigenvalue weighted by Crippen LogP contribution is 2.36. The van der Waals surface area contributed by atoms with E-state index in [2.05, 4.69) is 15.0 Å². The van der Waals surface area contributed by atoms with Crippen molar-refractivity contribution in [2.75, 3.05) is 19.1 Å². The minimum atomic E-state index is -3.42. The van der Waals surface area contributed by atoms with Crippen LogP contribution in [-0.4, -0.2) is 56.3 Å². The van der Waals surface area contributed by atoms with Gasteiger partial charge in [0.05, 0.1) is 40.3 Å². The SMILES string of the molecule is COc1ccc(-c2nn(C(C)c3nn(-c4cccc(S(C)(=O)=O)c4)c4cc(Cl)ccc34)c3ncnc(N)c23)cn1. The van der Waals surface area contributed by atoms with E-state index in [0.29, 0.717) is 44.5 Å². The quantitative estimate of drug-likeness (QED) is 0.304. The molecule has 0 aliphatic rings. The first-order valence-electron chi connectivity index (χ1n) is 12.1. The number of ether oxygens (including phenoxy) is 1. The standard InChI is InChI=1S/C27H23ClN8O3S/c1-15(35-27-23(26(29)31-14-32-27)25(34-35)16-7-10-22(39-2)30-13-16)24-20-9-8-17(28)11-21(20)36(33-24)18-5-4-6-19(12-18)40(3,37)38/h4-15H,1-3H3,(H2,29,31,32). The zero-order valence-corrected chi connectivity index (χ0v) is 23.2. The van der Waals surface area contributed by atoms with Gasteiger partial charge in [0.15, 0.2) is 15.5 Å². The van der Waals surface area contributed by atoms with E-state index in [1.807, 2.05) is 19.1 Å². The van der Waals surface area contributed by atoms with Gasteiger partial charge >= 0.3 is 0 Å². The molecule has 40 heavy (non-hydrogen) atoms. The first-order chi connectivity index (χ1) is 19.2. The lowest BCUT2D eigenvalue weighted by Crippen LogP contribution is -2.11. The molecular formula is C27H23ClN8O3S. The van der Waals surface area contributed by atoms with Crippen molar-refractivity contribution in [1.82, 2.24) is 34.5 Å². The van der Waals surface area contributed by atoms with Crippen LogP contribution in [0.1, 0.15) is 18.7 Å². The number of pyridine rings is 1. The molecule has 2 aromatic carbocycles. The number of hydrogen-bond acceptors (Lipinski definition) is 9. The smallest absolute Gasteiger partial charge is 0.212 e. The summed E-state index contributed by atoms with van der Waals surface area (Å²) in [6.45, 7) is 1.95. The molecule has 1 unspecified atom stereocenters. The zero-order chi connectivity index (χ0) is 28.2. The van der Waals surface area contributed by atoms with Crippen LogP contribution < -0.4 is 10.5 Å². The Hall–Kier alpha value is -4.55. The van der Waals surface area contributed by atoms with Gasteiger partial charge in [-0.2, -0.15) is 10.2 Å². The topological polar surface area (TPSA) is 144 Å². The summed E-state index contributed by atoms with van der Waals surface area (Å²) in [5.74, 6) is 0.759. The molecule has 0 radical (unpaired) electrons. The number of benzene rings is 2. The molecule has 4 heterocycles. The van der Waals surface area contributed by atoms with Crippen LogP contribution in [0, 0.1) is 0 Å². The van der Waals surface area contributed by atoms with Crippen LogP contribution in [0.15, 0.2) is 72.0 Å². The maximum absolute atomic E-state index is 12.2. The molecule has 11 nitrogen and oxygen atoms in total. The average molecular weight is 575 g/mol. The number of hydrogen-bond donors (Lipinski definition) is 1. The van der Waals surface area contributed by atoms with Crippen LogP contribution >= 0.6 is 11.6 Å². The number of nitrogen functional groups attached to an aromatic ring is 1. The Morgan fingerprint density at radius 1 is 1.02 bits per heavy atom. The third-order valence-electron chi connectivity index (χ3n) is 6.66. The van der Waals surface area contributed by atoms with E-state index in [9.17, 15) is 8.42 Å². The van der Waals surface area contributed by atoms with Crippen molar-refractivity contribution in [2.45, 2.75) is 17.9 Å². The van der Waals surface area contributed by atoms with Gasteiger partial charge in [-0.05, 0) is 49.4 Å².